The van der Waals surface area contributed by atoms with E-state index in [4.69, 9.17) is 12.2 Å². The Kier molecular flexibility index (Phi) is 4.83. The van der Waals surface area contributed by atoms with Crippen molar-refractivity contribution in [3.63, 3.8) is 0 Å². The number of hydrogen-bond donors (Lipinski definition) is 2. The lowest BCUT2D eigenvalue weighted by atomic mass is 10.2. The molecule has 5 nitrogen and oxygen atoms in total. The monoisotopic (exact) mass is 326 g/mol. The minimum absolute atomic E-state index is 0.193. The summed E-state index contributed by atoms with van der Waals surface area (Å²) in [4.78, 5) is 17.8. The SMILES string of the molecule is O=C1CCCN1c1ccc(NC(=S)NCc2ccccn2)cc1. The van der Waals surface area contributed by atoms with Gasteiger partial charge < -0.3 is 15.5 Å². The van der Waals surface area contributed by atoms with E-state index in [0.29, 0.717) is 18.1 Å². The third-order valence-corrected chi connectivity index (χ3v) is 3.91. The third-order valence-electron chi connectivity index (χ3n) is 3.67. The van der Waals surface area contributed by atoms with Crippen molar-refractivity contribution in [3.8, 4) is 0 Å². The van der Waals surface area contributed by atoms with Crippen LogP contribution in [0.2, 0.25) is 0 Å². The van der Waals surface area contributed by atoms with E-state index in [0.717, 1.165) is 30.0 Å². The van der Waals surface area contributed by atoms with Crippen LogP contribution in [0.1, 0.15) is 18.5 Å². The largest absolute Gasteiger partial charge is 0.357 e. The average Bonchev–Trinajstić information content (AvgIpc) is 3.01. The minimum atomic E-state index is 0.193. The van der Waals surface area contributed by atoms with Crippen LogP contribution in [0.25, 0.3) is 0 Å². The van der Waals surface area contributed by atoms with Crippen LogP contribution in [0.15, 0.2) is 48.7 Å². The van der Waals surface area contributed by atoms with E-state index in [-0.39, 0.29) is 5.91 Å². The number of pyridine rings is 1. The highest BCUT2D eigenvalue weighted by Crippen LogP contribution is 2.22. The second-order valence-corrected chi connectivity index (χ2v) is 5.73. The molecule has 1 amide bonds. The number of carbonyl (C=O) groups is 1. The maximum absolute atomic E-state index is 11.7. The van der Waals surface area contributed by atoms with E-state index in [1.165, 1.54) is 0 Å². The van der Waals surface area contributed by atoms with Gasteiger partial charge >= 0.3 is 0 Å². The number of hydrogen-bond acceptors (Lipinski definition) is 3. The van der Waals surface area contributed by atoms with Crippen LogP contribution < -0.4 is 15.5 Å². The van der Waals surface area contributed by atoms with Gasteiger partial charge in [0.25, 0.3) is 0 Å². The van der Waals surface area contributed by atoms with Crippen LogP contribution in [0, 0.1) is 0 Å². The van der Waals surface area contributed by atoms with E-state index in [1.807, 2.05) is 47.4 Å². The van der Waals surface area contributed by atoms with Gasteiger partial charge in [0, 0.05) is 30.5 Å². The fraction of sp³-hybridized carbons (Fsp3) is 0.235. The van der Waals surface area contributed by atoms with Gasteiger partial charge in [0.2, 0.25) is 5.91 Å². The van der Waals surface area contributed by atoms with Crippen molar-refractivity contribution in [1.29, 1.82) is 0 Å². The maximum atomic E-state index is 11.7. The Labute approximate surface area is 140 Å². The molecule has 2 N–H and O–H groups in total. The molecule has 1 aliphatic heterocycles. The molecule has 1 fully saturated rings. The number of nitrogens with one attached hydrogen (secondary N) is 2. The van der Waals surface area contributed by atoms with Gasteiger partial charge in [-0.1, -0.05) is 6.07 Å². The average molecular weight is 326 g/mol. The van der Waals surface area contributed by atoms with Crippen molar-refractivity contribution in [2.75, 3.05) is 16.8 Å². The van der Waals surface area contributed by atoms with E-state index in [2.05, 4.69) is 15.6 Å². The number of carbonyl (C=O) groups excluding carboxylic acids is 1. The van der Waals surface area contributed by atoms with Gasteiger partial charge in [0.1, 0.15) is 0 Å². The lowest BCUT2D eigenvalue weighted by Crippen LogP contribution is -2.28. The lowest BCUT2D eigenvalue weighted by molar-refractivity contribution is -0.117. The van der Waals surface area contributed by atoms with Gasteiger partial charge in [-0.3, -0.25) is 9.78 Å². The number of thiocarbonyl (C=S) groups is 1. The van der Waals surface area contributed by atoms with Gasteiger partial charge in [-0.2, -0.15) is 0 Å². The van der Waals surface area contributed by atoms with E-state index >= 15 is 0 Å². The topological polar surface area (TPSA) is 57.3 Å². The summed E-state index contributed by atoms with van der Waals surface area (Å²) >= 11 is 5.28. The van der Waals surface area contributed by atoms with Crippen LogP contribution in [-0.2, 0) is 11.3 Å². The highest BCUT2D eigenvalue weighted by atomic mass is 32.1. The number of anilines is 2. The standard InChI is InChI=1S/C17H18N4OS/c22-16-5-3-11-21(16)15-8-6-13(7-9-15)20-17(23)19-12-14-4-1-2-10-18-14/h1-2,4,6-10H,3,5,11-12H2,(H2,19,20,23). The molecule has 6 heteroatoms. The highest BCUT2D eigenvalue weighted by Gasteiger charge is 2.21. The Morgan fingerprint density at radius 1 is 1.22 bits per heavy atom. The van der Waals surface area contributed by atoms with Gasteiger partial charge in [-0.05, 0) is 55.0 Å². The molecule has 0 bridgehead atoms. The fourth-order valence-electron chi connectivity index (χ4n) is 2.49. The first kappa shape index (κ1) is 15.4. The van der Waals surface area contributed by atoms with E-state index in [9.17, 15) is 4.79 Å². The molecule has 0 atom stereocenters. The van der Waals surface area contributed by atoms with Crippen molar-refractivity contribution in [3.05, 3.63) is 54.4 Å². The first-order valence-corrected chi connectivity index (χ1v) is 7.98. The molecule has 1 aromatic carbocycles. The van der Waals surface area contributed by atoms with Gasteiger partial charge in [-0.15, -0.1) is 0 Å². The number of aromatic nitrogens is 1. The molecule has 0 radical (unpaired) electrons. The van der Waals surface area contributed by atoms with Crippen LogP contribution in [0.3, 0.4) is 0 Å². The summed E-state index contributed by atoms with van der Waals surface area (Å²) in [6.07, 6.45) is 3.33. The second-order valence-electron chi connectivity index (χ2n) is 5.32. The molecule has 1 aromatic heterocycles. The zero-order valence-corrected chi connectivity index (χ0v) is 13.5. The molecular weight excluding hydrogens is 308 g/mol. The summed E-state index contributed by atoms with van der Waals surface area (Å²) in [5.74, 6) is 0.193. The van der Waals surface area contributed by atoms with Crippen molar-refractivity contribution in [1.82, 2.24) is 10.3 Å². The minimum Gasteiger partial charge on any atom is -0.357 e. The van der Waals surface area contributed by atoms with Gasteiger partial charge in [-0.25, -0.2) is 0 Å². The van der Waals surface area contributed by atoms with Crippen LogP contribution in [-0.4, -0.2) is 22.5 Å². The number of nitrogens with zero attached hydrogens (tertiary/aromatic N) is 2. The lowest BCUT2D eigenvalue weighted by Gasteiger charge is -2.16. The zero-order valence-electron chi connectivity index (χ0n) is 12.7. The molecule has 2 heterocycles. The molecular formula is C17H18N4OS. The summed E-state index contributed by atoms with van der Waals surface area (Å²) in [7, 11) is 0. The number of rotatable bonds is 4. The van der Waals surface area contributed by atoms with Crippen molar-refractivity contribution in [2.24, 2.45) is 0 Å². The highest BCUT2D eigenvalue weighted by molar-refractivity contribution is 7.80. The smallest absolute Gasteiger partial charge is 0.227 e. The second kappa shape index (κ2) is 7.19. The van der Waals surface area contributed by atoms with Crippen LogP contribution >= 0.6 is 12.2 Å². The van der Waals surface area contributed by atoms with Crippen LogP contribution in [0.4, 0.5) is 11.4 Å². The zero-order chi connectivity index (χ0) is 16.1. The molecule has 0 aliphatic carbocycles. The van der Waals surface area contributed by atoms with Crippen molar-refractivity contribution >= 4 is 34.6 Å². The molecule has 1 aliphatic rings. The number of amides is 1. The third kappa shape index (κ3) is 4.04. The Morgan fingerprint density at radius 2 is 2.04 bits per heavy atom. The molecule has 2 aromatic rings. The normalized spacial score (nSPS) is 13.9. The molecule has 0 unspecified atom stereocenters. The predicted molar refractivity (Wildman–Crippen MR) is 95.3 cm³/mol. The first-order chi connectivity index (χ1) is 11.2. The molecule has 3 rings (SSSR count). The van der Waals surface area contributed by atoms with E-state index < -0.39 is 0 Å². The maximum Gasteiger partial charge on any atom is 0.227 e. The summed E-state index contributed by atoms with van der Waals surface area (Å²) in [6, 6.07) is 13.5. The molecule has 23 heavy (non-hydrogen) atoms. The summed E-state index contributed by atoms with van der Waals surface area (Å²) in [6.45, 7) is 1.38. The fourth-order valence-corrected chi connectivity index (χ4v) is 2.68. The Hall–Kier alpha value is -2.47. The van der Waals surface area contributed by atoms with Crippen LogP contribution in [0.5, 0.6) is 0 Å². The first-order valence-electron chi connectivity index (χ1n) is 7.57. The van der Waals surface area contributed by atoms with Crippen molar-refractivity contribution < 1.29 is 4.79 Å². The number of benzene rings is 1. The summed E-state index contributed by atoms with van der Waals surface area (Å²) < 4.78 is 0. The summed E-state index contributed by atoms with van der Waals surface area (Å²) in [5, 5.41) is 6.79. The van der Waals surface area contributed by atoms with Gasteiger partial charge in [0.15, 0.2) is 5.11 Å². The van der Waals surface area contributed by atoms with E-state index in [1.54, 1.807) is 6.20 Å². The molecule has 0 saturated carbocycles. The Bertz CT molecular complexity index is 687. The summed E-state index contributed by atoms with van der Waals surface area (Å²) in [5.41, 5.74) is 2.75. The quantitative estimate of drug-likeness (QED) is 0.846. The molecule has 0 spiro atoms. The Balaban J connectivity index is 1.53. The van der Waals surface area contributed by atoms with Gasteiger partial charge in [0.05, 0.1) is 12.2 Å². The predicted octanol–water partition coefficient (Wildman–Crippen LogP) is 2.70. The Morgan fingerprint density at radius 3 is 2.70 bits per heavy atom. The van der Waals surface area contributed by atoms with Crippen molar-refractivity contribution in [2.45, 2.75) is 19.4 Å². The molecule has 118 valence electrons. The molecule has 1 saturated heterocycles.